The number of nitrogens with zero attached hydrogens (tertiary/aromatic N) is 1. The van der Waals surface area contributed by atoms with Crippen molar-refractivity contribution < 1.29 is 4.79 Å². The Bertz CT molecular complexity index is 115. The maximum absolute atomic E-state index is 10.3. The van der Waals surface area contributed by atoms with E-state index in [1.165, 1.54) is 32.1 Å². The van der Waals surface area contributed by atoms with Gasteiger partial charge in [-0.3, -0.25) is 4.79 Å². The minimum atomic E-state index is 0.790. The first-order valence-electron chi connectivity index (χ1n) is 5.47. The molecule has 0 aliphatic rings. The van der Waals surface area contributed by atoms with E-state index in [0.29, 0.717) is 0 Å². The molecule has 0 atom stereocenters. The zero-order chi connectivity index (χ0) is 9.94. The zero-order valence-electron chi connectivity index (χ0n) is 9.01. The van der Waals surface area contributed by atoms with E-state index in [2.05, 4.69) is 6.92 Å². The molecule has 0 aromatic rings. The van der Waals surface area contributed by atoms with Crippen LogP contribution in [-0.4, -0.2) is 24.4 Å². The molecular formula is C11H22NO. The molecule has 0 aliphatic heterocycles. The molecule has 0 saturated carbocycles. The van der Waals surface area contributed by atoms with Gasteiger partial charge >= 0.3 is 6.41 Å². The second kappa shape index (κ2) is 9.56. The molecule has 0 saturated heterocycles. The average molecular weight is 184 g/mol. The van der Waals surface area contributed by atoms with Crippen molar-refractivity contribution in [3.63, 3.8) is 0 Å². The Morgan fingerprint density at radius 1 is 1.00 bits per heavy atom. The first-order valence-corrected chi connectivity index (χ1v) is 5.47. The van der Waals surface area contributed by atoms with Crippen molar-refractivity contribution >= 4 is 6.41 Å². The summed E-state index contributed by atoms with van der Waals surface area (Å²) < 4.78 is 0. The highest BCUT2D eigenvalue weighted by Crippen LogP contribution is 2.05. The van der Waals surface area contributed by atoms with E-state index in [1.54, 1.807) is 4.90 Å². The van der Waals surface area contributed by atoms with Crippen LogP contribution in [0.25, 0.3) is 0 Å². The first kappa shape index (κ1) is 12.5. The fraction of sp³-hybridized carbons (Fsp3) is 0.909. The van der Waals surface area contributed by atoms with Gasteiger partial charge in [0.15, 0.2) is 0 Å². The molecular weight excluding hydrogens is 162 g/mol. The fourth-order valence-electron chi connectivity index (χ4n) is 1.35. The van der Waals surface area contributed by atoms with E-state index >= 15 is 0 Å². The summed E-state index contributed by atoms with van der Waals surface area (Å²) in [5.41, 5.74) is 0. The van der Waals surface area contributed by atoms with Gasteiger partial charge in [0.25, 0.3) is 0 Å². The lowest BCUT2D eigenvalue weighted by atomic mass is 10.1. The van der Waals surface area contributed by atoms with Crippen LogP contribution in [0.2, 0.25) is 0 Å². The molecule has 0 spiro atoms. The summed E-state index contributed by atoms with van der Waals surface area (Å²) in [5.74, 6) is 0. The van der Waals surface area contributed by atoms with Gasteiger partial charge in [-0.15, -0.1) is 0 Å². The summed E-state index contributed by atoms with van der Waals surface area (Å²) in [6.45, 7) is 5.88. The molecule has 1 radical (unpaired) electrons. The standard InChI is InChI=1S/C11H22NO/c1-3-5-6-7-8-9-10-12(4-2)11-13/h3-10H2,1-2H3. The normalized spacial score (nSPS) is 10.0. The van der Waals surface area contributed by atoms with Crippen LogP contribution in [0.4, 0.5) is 0 Å². The molecule has 0 aliphatic carbocycles. The molecule has 0 aromatic heterocycles. The van der Waals surface area contributed by atoms with E-state index in [-0.39, 0.29) is 0 Å². The summed E-state index contributed by atoms with van der Waals surface area (Å²) in [6.07, 6.45) is 9.61. The Hall–Kier alpha value is -0.530. The van der Waals surface area contributed by atoms with E-state index in [1.807, 2.05) is 13.3 Å². The molecule has 0 fully saturated rings. The number of hydrogen-bond acceptors (Lipinski definition) is 1. The van der Waals surface area contributed by atoms with E-state index in [0.717, 1.165) is 19.5 Å². The second-order valence-electron chi connectivity index (χ2n) is 3.44. The largest absolute Gasteiger partial charge is 0.335 e. The Balaban J connectivity index is 3.10. The van der Waals surface area contributed by atoms with Gasteiger partial charge in [-0.2, -0.15) is 0 Å². The first-order chi connectivity index (χ1) is 6.35. The Kier molecular flexibility index (Phi) is 9.17. The summed E-state index contributed by atoms with van der Waals surface area (Å²) >= 11 is 0. The predicted molar refractivity (Wildman–Crippen MR) is 56.3 cm³/mol. The van der Waals surface area contributed by atoms with Crippen LogP contribution in [0.3, 0.4) is 0 Å². The molecule has 77 valence electrons. The fourth-order valence-corrected chi connectivity index (χ4v) is 1.35. The molecule has 0 unspecified atom stereocenters. The molecule has 0 aromatic carbocycles. The van der Waals surface area contributed by atoms with Crippen molar-refractivity contribution in [3.05, 3.63) is 0 Å². The van der Waals surface area contributed by atoms with Crippen molar-refractivity contribution in [1.29, 1.82) is 0 Å². The third kappa shape index (κ3) is 7.82. The van der Waals surface area contributed by atoms with Crippen LogP contribution < -0.4 is 0 Å². The van der Waals surface area contributed by atoms with Crippen molar-refractivity contribution in [2.75, 3.05) is 13.1 Å². The average Bonchev–Trinajstić information content (AvgIpc) is 2.17. The molecule has 0 bridgehead atoms. The van der Waals surface area contributed by atoms with E-state index in [9.17, 15) is 4.79 Å². The summed E-state index contributed by atoms with van der Waals surface area (Å²) in [6, 6.07) is 0. The maximum atomic E-state index is 10.3. The van der Waals surface area contributed by atoms with Crippen LogP contribution in [0.15, 0.2) is 0 Å². The highest BCUT2D eigenvalue weighted by atomic mass is 16.1. The smallest absolute Gasteiger partial charge is 0.312 e. The lowest BCUT2D eigenvalue weighted by Crippen LogP contribution is -2.22. The lowest BCUT2D eigenvalue weighted by molar-refractivity contribution is 0.381. The van der Waals surface area contributed by atoms with Crippen LogP contribution in [0.1, 0.15) is 52.4 Å². The lowest BCUT2D eigenvalue weighted by Gasteiger charge is -2.12. The highest BCUT2D eigenvalue weighted by Gasteiger charge is 1.97. The Morgan fingerprint density at radius 2 is 1.62 bits per heavy atom. The van der Waals surface area contributed by atoms with Crippen LogP contribution in [0, 0.1) is 0 Å². The van der Waals surface area contributed by atoms with Gasteiger partial charge in [-0.1, -0.05) is 39.0 Å². The number of carbonyl (C=O) groups excluding carboxylic acids is 1. The predicted octanol–water partition coefficient (Wildman–Crippen LogP) is 2.74. The van der Waals surface area contributed by atoms with Crippen LogP contribution >= 0.6 is 0 Å². The highest BCUT2D eigenvalue weighted by molar-refractivity contribution is 5.47. The summed E-state index contributed by atoms with van der Waals surface area (Å²) in [7, 11) is 0. The zero-order valence-corrected chi connectivity index (χ0v) is 9.01. The monoisotopic (exact) mass is 184 g/mol. The second-order valence-corrected chi connectivity index (χ2v) is 3.44. The third-order valence-corrected chi connectivity index (χ3v) is 2.29. The maximum Gasteiger partial charge on any atom is 0.312 e. The van der Waals surface area contributed by atoms with Gasteiger partial charge in [0.05, 0.1) is 0 Å². The van der Waals surface area contributed by atoms with Gasteiger partial charge in [0.2, 0.25) is 0 Å². The topological polar surface area (TPSA) is 20.3 Å². The van der Waals surface area contributed by atoms with E-state index in [4.69, 9.17) is 0 Å². The SMILES string of the molecule is CCCCCCCCN([C]=O)CC. The summed E-state index contributed by atoms with van der Waals surface area (Å²) in [5, 5.41) is 0. The van der Waals surface area contributed by atoms with E-state index < -0.39 is 0 Å². The molecule has 2 heteroatoms. The Labute approximate surface area is 82.3 Å². The van der Waals surface area contributed by atoms with Crippen molar-refractivity contribution in [2.24, 2.45) is 0 Å². The minimum Gasteiger partial charge on any atom is -0.335 e. The molecule has 13 heavy (non-hydrogen) atoms. The van der Waals surface area contributed by atoms with Gasteiger partial charge in [0, 0.05) is 13.1 Å². The van der Waals surface area contributed by atoms with Crippen LogP contribution in [-0.2, 0) is 4.79 Å². The number of unbranched alkanes of at least 4 members (excludes halogenated alkanes) is 5. The molecule has 2 nitrogen and oxygen atoms in total. The third-order valence-electron chi connectivity index (χ3n) is 2.29. The minimum absolute atomic E-state index is 0.790. The van der Waals surface area contributed by atoms with Crippen molar-refractivity contribution in [1.82, 2.24) is 4.90 Å². The molecule has 0 heterocycles. The van der Waals surface area contributed by atoms with Crippen molar-refractivity contribution in [3.8, 4) is 0 Å². The summed E-state index contributed by atoms with van der Waals surface area (Å²) in [4.78, 5) is 12.0. The van der Waals surface area contributed by atoms with Gasteiger partial charge in [-0.25, -0.2) is 0 Å². The molecule has 1 amide bonds. The number of rotatable bonds is 9. The quantitative estimate of drug-likeness (QED) is 0.398. The molecule has 0 N–H and O–H groups in total. The van der Waals surface area contributed by atoms with Crippen molar-refractivity contribution in [2.45, 2.75) is 52.4 Å². The number of amides is 1. The molecule has 0 rings (SSSR count). The van der Waals surface area contributed by atoms with Crippen LogP contribution in [0.5, 0.6) is 0 Å². The Morgan fingerprint density at radius 3 is 2.15 bits per heavy atom. The van der Waals surface area contributed by atoms with Gasteiger partial charge in [0.1, 0.15) is 0 Å². The number of hydrogen-bond donors (Lipinski definition) is 0. The van der Waals surface area contributed by atoms with Gasteiger partial charge < -0.3 is 4.90 Å². The van der Waals surface area contributed by atoms with Gasteiger partial charge in [-0.05, 0) is 13.3 Å².